The van der Waals surface area contributed by atoms with Gasteiger partial charge in [0.2, 0.25) is 10.0 Å². The van der Waals surface area contributed by atoms with Crippen molar-refractivity contribution in [2.75, 3.05) is 32.4 Å². The summed E-state index contributed by atoms with van der Waals surface area (Å²) in [4.78, 5) is 14.3. The molecule has 0 saturated carbocycles. The molecule has 15 heteroatoms. The van der Waals surface area contributed by atoms with E-state index in [1.54, 1.807) is 10.7 Å². The van der Waals surface area contributed by atoms with E-state index in [4.69, 9.17) is 0 Å². The number of carbonyl (C=O) groups is 1. The van der Waals surface area contributed by atoms with Crippen molar-refractivity contribution in [3.63, 3.8) is 0 Å². The lowest BCUT2D eigenvalue weighted by Crippen LogP contribution is -2.40. The number of aliphatic hydroxyl groups is 1. The van der Waals surface area contributed by atoms with Gasteiger partial charge in [0.25, 0.3) is 0 Å². The molecule has 0 amide bonds. The van der Waals surface area contributed by atoms with Crippen LogP contribution in [0.3, 0.4) is 0 Å². The Morgan fingerprint density at radius 3 is 2.41 bits per heavy atom. The van der Waals surface area contributed by atoms with E-state index < -0.39 is 39.7 Å². The topological polar surface area (TPSA) is 116 Å². The third kappa shape index (κ3) is 6.56. The standard InChI is InChI=1S/C31H32F4N4O5S2/c1-46(43,44)38-13-10-25-24(17-38)28(19-2-4-20(5-3-19)31(33,34)35)36-39(25)16-22(40)15-37-11-8-18(9-12-37)27-23-7-6-21(32)14-26(23)45-29(27)30(41)42/h2-7,14,18,22,40H,8-13,15-17H2,1H3,(H,41,42). The van der Waals surface area contributed by atoms with Gasteiger partial charge in [-0.2, -0.15) is 22.6 Å². The Kier molecular flexibility index (Phi) is 8.74. The molecule has 9 nitrogen and oxygen atoms in total. The number of piperidine rings is 1. The van der Waals surface area contributed by atoms with E-state index in [0.717, 1.165) is 46.4 Å². The lowest BCUT2D eigenvalue weighted by atomic mass is 9.87. The first-order chi connectivity index (χ1) is 21.7. The number of sulfonamides is 1. The summed E-state index contributed by atoms with van der Waals surface area (Å²) in [5.74, 6) is -1.48. The molecule has 0 bridgehead atoms. The number of carboxylic acids is 1. The number of carboxylic acid groups (broad SMARTS) is 1. The molecule has 2 aromatic carbocycles. The monoisotopic (exact) mass is 680 g/mol. The van der Waals surface area contributed by atoms with Crippen molar-refractivity contribution in [3.05, 3.63) is 75.5 Å². The second-order valence-corrected chi connectivity index (χ2v) is 14.9. The summed E-state index contributed by atoms with van der Waals surface area (Å²) < 4.78 is 81.5. The molecular formula is C31H32F4N4O5S2. The quantitative estimate of drug-likeness (QED) is 0.247. The molecule has 246 valence electrons. The van der Waals surface area contributed by atoms with E-state index in [1.165, 1.54) is 28.6 Å². The van der Waals surface area contributed by atoms with Gasteiger partial charge in [-0.05, 0) is 67.1 Å². The first kappa shape index (κ1) is 32.6. The van der Waals surface area contributed by atoms with Crippen LogP contribution in [0.25, 0.3) is 21.3 Å². The predicted octanol–water partition coefficient (Wildman–Crippen LogP) is 5.18. The van der Waals surface area contributed by atoms with E-state index in [0.29, 0.717) is 60.4 Å². The lowest BCUT2D eigenvalue weighted by molar-refractivity contribution is -0.137. The number of rotatable bonds is 8. The highest BCUT2D eigenvalue weighted by atomic mass is 32.2. The van der Waals surface area contributed by atoms with Gasteiger partial charge in [0, 0.05) is 47.6 Å². The molecule has 4 aromatic rings. The minimum Gasteiger partial charge on any atom is -0.477 e. The van der Waals surface area contributed by atoms with Crippen LogP contribution in [0.5, 0.6) is 0 Å². The summed E-state index contributed by atoms with van der Waals surface area (Å²) in [6.45, 7) is 1.87. The Labute approximate surface area is 266 Å². The van der Waals surface area contributed by atoms with Gasteiger partial charge in [0.1, 0.15) is 10.7 Å². The highest BCUT2D eigenvalue weighted by Crippen LogP contribution is 2.41. The summed E-state index contributed by atoms with van der Waals surface area (Å²) >= 11 is 1.08. The summed E-state index contributed by atoms with van der Waals surface area (Å²) in [7, 11) is -3.53. The Balaban J connectivity index is 1.18. The zero-order chi connectivity index (χ0) is 33.0. The Hall–Kier alpha value is -3.37. The fourth-order valence-corrected chi connectivity index (χ4v) is 8.50. The number of likely N-dealkylation sites (tertiary alicyclic amines) is 1. The third-order valence-electron chi connectivity index (χ3n) is 8.79. The molecule has 1 saturated heterocycles. The maximum absolute atomic E-state index is 13.8. The maximum Gasteiger partial charge on any atom is 0.416 e. The Morgan fingerprint density at radius 1 is 1.09 bits per heavy atom. The van der Waals surface area contributed by atoms with Crippen LogP contribution in [0.1, 0.15) is 50.8 Å². The van der Waals surface area contributed by atoms with Crippen molar-refractivity contribution in [3.8, 4) is 11.3 Å². The van der Waals surface area contributed by atoms with E-state index in [1.807, 2.05) is 0 Å². The fourth-order valence-electron chi connectivity index (χ4n) is 6.56. The van der Waals surface area contributed by atoms with Gasteiger partial charge in [-0.15, -0.1) is 11.3 Å². The van der Waals surface area contributed by atoms with Crippen LogP contribution < -0.4 is 0 Å². The zero-order valence-electron chi connectivity index (χ0n) is 24.8. The summed E-state index contributed by atoms with van der Waals surface area (Å²) in [5, 5.41) is 26.4. The van der Waals surface area contributed by atoms with Crippen molar-refractivity contribution in [2.24, 2.45) is 0 Å². The number of benzene rings is 2. The van der Waals surface area contributed by atoms with Gasteiger partial charge in [-0.25, -0.2) is 17.6 Å². The largest absolute Gasteiger partial charge is 0.477 e. The third-order valence-corrected chi connectivity index (χ3v) is 11.2. The van der Waals surface area contributed by atoms with Gasteiger partial charge in [0.15, 0.2) is 0 Å². The Bertz CT molecular complexity index is 1880. The average Bonchev–Trinajstić information content (AvgIpc) is 3.55. The number of hydrogen-bond donors (Lipinski definition) is 2. The number of thiophene rings is 1. The number of nitrogens with zero attached hydrogens (tertiary/aromatic N) is 4. The molecule has 6 rings (SSSR count). The molecule has 2 aliphatic heterocycles. The second-order valence-electron chi connectivity index (χ2n) is 11.9. The highest BCUT2D eigenvalue weighted by Gasteiger charge is 2.33. The molecule has 2 aliphatic rings. The van der Waals surface area contributed by atoms with Gasteiger partial charge >= 0.3 is 12.1 Å². The van der Waals surface area contributed by atoms with Crippen LogP contribution in [-0.2, 0) is 35.7 Å². The molecule has 1 fully saturated rings. The predicted molar refractivity (Wildman–Crippen MR) is 165 cm³/mol. The van der Waals surface area contributed by atoms with Gasteiger partial charge in [0.05, 0.1) is 30.2 Å². The number of aliphatic hydroxyl groups excluding tert-OH is 1. The van der Waals surface area contributed by atoms with E-state index in [9.17, 15) is 41.0 Å². The zero-order valence-corrected chi connectivity index (χ0v) is 26.4. The molecule has 2 aromatic heterocycles. The summed E-state index contributed by atoms with van der Waals surface area (Å²) in [6.07, 6.45) is -2.60. The van der Waals surface area contributed by atoms with E-state index in [-0.39, 0.29) is 30.4 Å². The second kappa shape index (κ2) is 12.3. The number of aromatic carboxylic acids is 1. The first-order valence-corrected chi connectivity index (χ1v) is 17.4. The van der Waals surface area contributed by atoms with E-state index in [2.05, 4.69) is 10.00 Å². The normalized spacial score (nSPS) is 17.8. The van der Waals surface area contributed by atoms with Crippen LogP contribution >= 0.6 is 11.3 Å². The molecule has 1 atom stereocenters. The van der Waals surface area contributed by atoms with Crippen molar-refractivity contribution in [1.29, 1.82) is 0 Å². The van der Waals surface area contributed by atoms with Gasteiger partial charge in [-0.1, -0.05) is 18.2 Å². The summed E-state index contributed by atoms with van der Waals surface area (Å²) in [6, 6.07) is 8.90. The van der Waals surface area contributed by atoms with Crippen molar-refractivity contribution < 1.29 is 41.0 Å². The van der Waals surface area contributed by atoms with Crippen LogP contribution in [0.15, 0.2) is 42.5 Å². The molecular weight excluding hydrogens is 648 g/mol. The minimum atomic E-state index is -4.50. The number of fused-ring (bicyclic) bond motifs is 2. The molecule has 0 aliphatic carbocycles. The van der Waals surface area contributed by atoms with Gasteiger partial charge < -0.3 is 15.1 Å². The molecule has 2 N–H and O–H groups in total. The van der Waals surface area contributed by atoms with Crippen LogP contribution in [-0.4, -0.2) is 82.1 Å². The first-order valence-electron chi connectivity index (χ1n) is 14.8. The molecule has 0 radical (unpaired) electrons. The minimum absolute atomic E-state index is 0.0242. The summed E-state index contributed by atoms with van der Waals surface area (Å²) in [5.41, 5.74) is 2.05. The van der Waals surface area contributed by atoms with E-state index >= 15 is 0 Å². The smallest absolute Gasteiger partial charge is 0.416 e. The maximum atomic E-state index is 13.8. The Morgan fingerprint density at radius 2 is 1.78 bits per heavy atom. The molecule has 1 unspecified atom stereocenters. The molecule has 4 heterocycles. The number of β-amino-alcohol motifs (C(OH)–C–C–N with tert-alkyl or cyclic N) is 1. The van der Waals surface area contributed by atoms with Crippen molar-refractivity contribution >= 4 is 37.4 Å². The number of hydrogen-bond acceptors (Lipinski definition) is 7. The molecule has 0 spiro atoms. The number of alkyl halides is 3. The van der Waals surface area contributed by atoms with Crippen LogP contribution in [0.4, 0.5) is 17.6 Å². The van der Waals surface area contributed by atoms with Crippen molar-refractivity contribution in [2.45, 2.75) is 50.6 Å². The van der Waals surface area contributed by atoms with Gasteiger partial charge in [-0.3, -0.25) is 4.68 Å². The van der Waals surface area contributed by atoms with Crippen LogP contribution in [0, 0.1) is 5.82 Å². The SMILES string of the molecule is CS(=O)(=O)N1CCc2c(c(-c3ccc(C(F)(F)F)cc3)nn2CC(O)CN2CCC(c3c(C(=O)O)sc4cc(F)ccc34)CC2)C1. The number of halogens is 4. The fraction of sp³-hybridized carbons (Fsp3) is 0.419. The molecule has 46 heavy (non-hydrogen) atoms. The lowest BCUT2D eigenvalue weighted by Gasteiger charge is -2.33. The average molecular weight is 681 g/mol. The number of aromatic nitrogens is 2. The van der Waals surface area contributed by atoms with Crippen LogP contribution in [0.2, 0.25) is 0 Å². The highest BCUT2D eigenvalue weighted by molar-refractivity contribution is 7.88. The van der Waals surface area contributed by atoms with Crippen molar-refractivity contribution in [1.82, 2.24) is 19.0 Å².